The minimum absolute atomic E-state index is 0.0816. The molecule has 330 valence electrons. The average Bonchev–Trinajstić information content (AvgIpc) is 3.20. The molecule has 0 aromatic carbocycles. The lowest BCUT2D eigenvalue weighted by molar-refractivity contribution is -0.161. The number of aliphatic hydroxyl groups excluding tert-OH is 3. The highest BCUT2D eigenvalue weighted by Gasteiger charge is 2.27. The predicted molar refractivity (Wildman–Crippen MR) is 234 cm³/mol. The van der Waals surface area contributed by atoms with Crippen LogP contribution in [0.2, 0.25) is 0 Å². The molecule has 4 atom stereocenters. The van der Waals surface area contributed by atoms with Gasteiger partial charge in [0.15, 0.2) is 6.10 Å². The van der Waals surface area contributed by atoms with Gasteiger partial charge < -0.3 is 29.7 Å². The monoisotopic (exact) mass is 835 g/mol. The molecule has 12 heteroatoms. The lowest BCUT2D eigenvalue weighted by Gasteiger charge is -2.20. The van der Waals surface area contributed by atoms with E-state index in [1.54, 1.807) is 0 Å². The van der Waals surface area contributed by atoms with E-state index < -0.39 is 57.9 Å². The first kappa shape index (κ1) is 54.9. The fourth-order valence-corrected chi connectivity index (χ4v) is 5.76. The quantitative estimate of drug-likeness (QED) is 0.0154. The first-order chi connectivity index (χ1) is 28.1. The maximum absolute atomic E-state index is 12.6. The van der Waals surface area contributed by atoms with E-state index in [9.17, 15) is 29.3 Å². The van der Waals surface area contributed by atoms with Crippen LogP contribution in [0, 0.1) is 0 Å². The van der Waals surface area contributed by atoms with Gasteiger partial charge in [-0.2, -0.15) is 0 Å². The maximum Gasteiger partial charge on any atom is 0.472 e. The van der Waals surface area contributed by atoms with Crippen LogP contribution in [0.4, 0.5) is 0 Å². The van der Waals surface area contributed by atoms with Crippen LogP contribution in [0.25, 0.3) is 0 Å². The van der Waals surface area contributed by atoms with E-state index in [-0.39, 0.29) is 19.4 Å². The molecule has 0 aromatic rings. The van der Waals surface area contributed by atoms with Gasteiger partial charge >= 0.3 is 19.8 Å². The first-order valence-corrected chi connectivity index (χ1v) is 22.8. The minimum atomic E-state index is -4.66. The smallest absolute Gasteiger partial charge is 0.462 e. The fourth-order valence-electron chi connectivity index (χ4n) is 4.97. The summed E-state index contributed by atoms with van der Waals surface area (Å²) >= 11 is 0. The average molecular weight is 835 g/mol. The summed E-state index contributed by atoms with van der Waals surface area (Å²) in [5, 5.41) is 28.2. The maximum atomic E-state index is 12.6. The second kappa shape index (κ2) is 40.6. The van der Waals surface area contributed by atoms with Crippen molar-refractivity contribution < 1.29 is 52.9 Å². The van der Waals surface area contributed by atoms with Crippen molar-refractivity contribution >= 4 is 19.8 Å². The van der Waals surface area contributed by atoms with Crippen molar-refractivity contribution in [1.82, 2.24) is 0 Å². The zero-order valence-corrected chi connectivity index (χ0v) is 36.2. The molecule has 0 rings (SSSR count). The van der Waals surface area contributed by atoms with Crippen molar-refractivity contribution in [3.05, 3.63) is 97.2 Å². The largest absolute Gasteiger partial charge is 0.472 e. The molecule has 0 aromatic heterocycles. The third kappa shape index (κ3) is 39.7. The molecule has 0 amide bonds. The van der Waals surface area contributed by atoms with Gasteiger partial charge in [0.25, 0.3) is 0 Å². The molecule has 58 heavy (non-hydrogen) atoms. The molecule has 0 radical (unpaired) electrons. The minimum Gasteiger partial charge on any atom is -0.462 e. The van der Waals surface area contributed by atoms with Crippen LogP contribution in [0.3, 0.4) is 0 Å². The van der Waals surface area contributed by atoms with Gasteiger partial charge in [0, 0.05) is 12.8 Å². The van der Waals surface area contributed by atoms with Crippen LogP contribution in [0.15, 0.2) is 97.2 Å². The number of rotatable bonds is 38. The Morgan fingerprint density at radius 2 is 1.07 bits per heavy atom. The van der Waals surface area contributed by atoms with Crippen LogP contribution in [-0.2, 0) is 32.7 Å². The van der Waals surface area contributed by atoms with Crippen molar-refractivity contribution in [2.75, 3.05) is 26.4 Å². The number of unbranched alkanes of at least 4 members (excludes halogenated alkanes) is 7. The van der Waals surface area contributed by atoms with Crippen LogP contribution >= 0.6 is 7.82 Å². The highest BCUT2D eigenvalue weighted by Crippen LogP contribution is 2.43. The summed E-state index contributed by atoms with van der Waals surface area (Å²) in [5.41, 5.74) is 0. The third-order valence-corrected chi connectivity index (χ3v) is 9.27. The fraction of sp³-hybridized carbons (Fsp3) is 0.609. The SMILES string of the molecule is CCCCC/C=C\C/C=C\C/C=C\C/C=C\CCCC(=O)O[C@H](COC(=O)CCC/C=C\C/C=C\C/C=C\C=C\[C@H](O)CCCCC)COP(=O)(O)OC[C@@H](O)CO. The van der Waals surface area contributed by atoms with Gasteiger partial charge in [-0.1, -0.05) is 143 Å². The number of hydrogen-bond acceptors (Lipinski definition) is 10. The summed E-state index contributed by atoms with van der Waals surface area (Å²) in [6.07, 6.45) is 45.7. The standard InChI is InChI=1S/C46H75O11P/c1-3-5-7-8-9-10-11-12-13-14-15-16-19-23-26-29-33-37-46(51)57-44(41-56-58(52,53)55-39-43(49)38-47)40-54-45(50)36-32-28-25-22-20-17-18-21-24-27-31-35-42(48)34-30-6-4-2/h9-10,12-13,15-18,22-27,31,35,42-44,47-49H,3-8,11,14,19-21,28-30,32-34,36-41H2,1-2H3,(H,52,53)/b10-9-,13-12-,16-15-,18-17-,25-22-,26-23-,27-24-,35-31+/t42-,43+,44-/m1/s1. The van der Waals surface area contributed by atoms with E-state index >= 15 is 0 Å². The molecule has 0 fully saturated rings. The van der Waals surface area contributed by atoms with Gasteiger partial charge in [-0.05, 0) is 77.0 Å². The number of aliphatic hydroxyl groups is 3. The Kier molecular flexibility index (Phi) is 38.4. The van der Waals surface area contributed by atoms with Crippen molar-refractivity contribution in [3.63, 3.8) is 0 Å². The number of ether oxygens (including phenoxy) is 2. The topological polar surface area (TPSA) is 169 Å². The number of esters is 2. The van der Waals surface area contributed by atoms with E-state index in [1.807, 2.05) is 48.6 Å². The zero-order valence-electron chi connectivity index (χ0n) is 35.3. The van der Waals surface area contributed by atoms with E-state index in [2.05, 4.69) is 67.0 Å². The van der Waals surface area contributed by atoms with Gasteiger partial charge in [0.1, 0.15) is 12.7 Å². The summed E-state index contributed by atoms with van der Waals surface area (Å²) in [4.78, 5) is 34.9. The molecule has 0 spiro atoms. The summed E-state index contributed by atoms with van der Waals surface area (Å²) in [6.45, 7) is 2.06. The molecule has 0 saturated carbocycles. The number of hydrogen-bond donors (Lipinski definition) is 4. The Morgan fingerprint density at radius 1 is 0.586 bits per heavy atom. The Labute approximate surface area is 349 Å². The Balaban J connectivity index is 4.56. The number of allylic oxidation sites excluding steroid dienone is 15. The van der Waals surface area contributed by atoms with Crippen molar-refractivity contribution in [2.24, 2.45) is 0 Å². The number of carbonyl (C=O) groups excluding carboxylic acids is 2. The Hall–Kier alpha value is -3.15. The summed E-state index contributed by atoms with van der Waals surface area (Å²) in [7, 11) is -4.66. The molecule has 1 unspecified atom stereocenters. The second-order valence-corrected chi connectivity index (χ2v) is 15.3. The molecule has 0 aliphatic rings. The highest BCUT2D eigenvalue weighted by molar-refractivity contribution is 7.47. The number of carbonyl (C=O) groups is 2. The van der Waals surface area contributed by atoms with Crippen molar-refractivity contribution in [1.29, 1.82) is 0 Å². The second-order valence-electron chi connectivity index (χ2n) is 13.9. The molecular formula is C46H75O11P. The van der Waals surface area contributed by atoms with Crippen LogP contribution in [-0.4, -0.2) is 76.9 Å². The van der Waals surface area contributed by atoms with E-state index in [1.165, 1.54) is 19.3 Å². The zero-order chi connectivity index (χ0) is 42.8. The molecule has 0 aliphatic heterocycles. The van der Waals surface area contributed by atoms with Gasteiger partial charge in [0.2, 0.25) is 0 Å². The van der Waals surface area contributed by atoms with Gasteiger partial charge in [-0.3, -0.25) is 18.6 Å². The van der Waals surface area contributed by atoms with Crippen LogP contribution < -0.4 is 0 Å². The molecule has 4 N–H and O–H groups in total. The van der Waals surface area contributed by atoms with Gasteiger partial charge in [-0.15, -0.1) is 0 Å². The normalized spacial score (nSPS) is 15.3. The molecular weight excluding hydrogens is 759 g/mol. The summed E-state index contributed by atoms with van der Waals surface area (Å²) in [6, 6.07) is 0. The van der Waals surface area contributed by atoms with Crippen LogP contribution in [0.5, 0.6) is 0 Å². The van der Waals surface area contributed by atoms with E-state index in [0.717, 1.165) is 64.2 Å². The predicted octanol–water partition coefficient (Wildman–Crippen LogP) is 10.2. The Morgan fingerprint density at radius 3 is 1.62 bits per heavy atom. The molecule has 0 heterocycles. The molecule has 0 aliphatic carbocycles. The van der Waals surface area contributed by atoms with Crippen LogP contribution in [0.1, 0.15) is 136 Å². The molecule has 11 nitrogen and oxygen atoms in total. The third-order valence-electron chi connectivity index (χ3n) is 8.32. The van der Waals surface area contributed by atoms with E-state index in [4.69, 9.17) is 19.1 Å². The van der Waals surface area contributed by atoms with Crippen molar-refractivity contribution in [3.8, 4) is 0 Å². The van der Waals surface area contributed by atoms with E-state index in [0.29, 0.717) is 25.7 Å². The Bertz CT molecular complexity index is 1300. The highest BCUT2D eigenvalue weighted by atomic mass is 31.2. The number of phosphoric acid groups is 1. The molecule has 0 saturated heterocycles. The lowest BCUT2D eigenvalue weighted by Crippen LogP contribution is -2.29. The van der Waals surface area contributed by atoms with Crippen molar-refractivity contribution in [2.45, 2.75) is 154 Å². The summed E-state index contributed by atoms with van der Waals surface area (Å²) < 4.78 is 32.5. The number of phosphoric ester groups is 1. The molecule has 0 bridgehead atoms. The lowest BCUT2D eigenvalue weighted by atomic mass is 10.1. The van der Waals surface area contributed by atoms with Gasteiger partial charge in [-0.25, -0.2) is 4.57 Å². The van der Waals surface area contributed by atoms with Gasteiger partial charge in [0.05, 0.1) is 25.9 Å². The summed E-state index contributed by atoms with van der Waals surface area (Å²) in [5.74, 6) is -1.09. The first-order valence-electron chi connectivity index (χ1n) is 21.3.